The highest BCUT2D eigenvalue weighted by atomic mass is 32.2. The first-order chi connectivity index (χ1) is 10.2. The van der Waals surface area contributed by atoms with Crippen molar-refractivity contribution in [2.24, 2.45) is 0 Å². The van der Waals surface area contributed by atoms with Crippen LogP contribution in [0.4, 0.5) is 21.7 Å². The molecule has 0 aliphatic heterocycles. The zero-order valence-corrected chi connectivity index (χ0v) is 13.2. The van der Waals surface area contributed by atoms with Gasteiger partial charge in [0.2, 0.25) is 0 Å². The molecule has 0 radical (unpaired) electrons. The minimum absolute atomic E-state index is 0.240. The topological polar surface area (TPSA) is 41.0 Å². The summed E-state index contributed by atoms with van der Waals surface area (Å²) in [4.78, 5) is 11.0. The lowest BCUT2D eigenvalue weighted by atomic mass is 10.2. The van der Waals surface area contributed by atoms with E-state index in [4.69, 9.17) is 0 Å². The third kappa shape index (κ3) is 3.85. The van der Waals surface area contributed by atoms with E-state index in [9.17, 15) is 4.39 Å². The molecular weight excluding hydrogens is 287 g/mol. The fraction of sp³-hybridized carbons (Fsp3) is 0.333. The predicted octanol–water partition coefficient (Wildman–Crippen LogP) is 3.93. The van der Waals surface area contributed by atoms with Crippen molar-refractivity contribution in [2.45, 2.75) is 19.0 Å². The smallest absolute Gasteiger partial charge is 0.191 e. The maximum Gasteiger partial charge on any atom is 0.191 e. The van der Waals surface area contributed by atoms with E-state index in [1.807, 2.05) is 31.1 Å². The first-order valence-corrected chi connectivity index (χ1v) is 8.10. The highest BCUT2D eigenvalue weighted by Crippen LogP contribution is 2.27. The lowest BCUT2D eigenvalue weighted by Crippen LogP contribution is -2.18. The average molecular weight is 306 g/mol. The summed E-state index contributed by atoms with van der Waals surface area (Å²) in [5, 5.41) is 3.92. The van der Waals surface area contributed by atoms with E-state index >= 15 is 0 Å². The Hall–Kier alpha value is -1.82. The molecule has 0 spiro atoms. The van der Waals surface area contributed by atoms with Crippen LogP contribution in [0.3, 0.4) is 0 Å². The highest BCUT2D eigenvalue weighted by molar-refractivity contribution is 7.98. The molecule has 2 rings (SSSR count). The van der Waals surface area contributed by atoms with Crippen LogP contribution in [0.15, 0.2) is 35.5 Å². The molecule has 0 saturated carbocycles. The summed E-state index contributed by atoms with van der Waals surface area (Å²) >= 11 is 1.50. The van der Waals surface area contributed by atoms with Crippen molar-refractivity contribution in [3.05, 3.63) is 36.1 Å². The largest absolute Gasteiger partial charge is 0.370 e. The van der Waals surface area contributed by atoms with Crippen LogP contribution in [0.25, 0.3) is 0 Å². The van der Waals surface area contributed by atoms with Gasteiger partial charge in [0.25, 0.3) is 0 Å². The molecule has 21 heavy (non-hydrogen) atoms. The minimum atomic E-state index is -0.240. The fourth-order valence-corrected chi connectivity index (χ4v) is 2.39. The molecule has 0 fully saturated rings. The number of nitrogens with one attached hydrogen (secondary N) is 1. The summed E-state index contributed by atoms with van der Waals surface area (Å²) in [5.41, 5.74) is 0.909. The number of halogens is 1. The van der Waals surface area contributed by atoms with Gasteiger partial charge in [0.05, 0.1) is 0 Å². The zero-order chi connectivity index (χ0) is 15.2. The molecule has 2 aromatic rings. The molecule has 0 atom stereocenters. The van der Waals surface area contributed by atoms with Crippen molar-refractivity contribution >= 4 is 29.1 Å². The van der Waals surface area contributed by atoms with Crippen molar-refractivity contribution < 1.29 is 4.39 Å². The standard InChI is InChI=1S/C15H19FN4S/c1-4-17-13-10-14(19-15(18-13)21-3)20(5-2)12-8-6-11(16)7-9-12/h6-10H,4-5H2,1-3H3,(H,17,18,19). The second-order valence-electron chi connectivity index (χ2n) is 4.35. The maximum absolute atomic E-state index is 13.1. The number of rotatable bonds is 6. The van der Waals surface area contributed by atoms with Crippen molar-refractivity contribution in [2.75, 3.05) is 29.6 Å². The third-order valence-electron chi connectivity index (χ3n) is 2.96. The van der Waals surface area contributed by atoms with Crippen LogP contribution in [0.2, 0.25) is 0 Å². The minimum Gasteiger partial charge on any atom is -0.370 e. The van der Waals surface area contributed by atoms with E-state index in [1.165, 1.54) is 23.9 Å². The Labute approximate surface area is 128 Å². The van der Waals surface area contributed by atoms with Crippen LogP contribution in [0, 0.1) is 5.82 Å². The molecule has 0 bridgehead atoms. The summed E-state index contributed by atoms with van der Waals surface area (Å²) in [7, 11) is 0. The van der Waals surface area contributed by atoms with Gasteiger partial charge in [-0.1, -0.05) is 11.8 Å². The van der Waals surface area contributed by atoms with E-state index in [2.05, 4.69) is 15.3 Å². The highest BCUT2D eigenvalue weighted by Gasteiger charge is 2.12. The summed E-state index contributed by atoms with van der Waals surface area (Å²) in [6.45, 7) is 5.60. The number of nitrogens with zero attached hydrogens (tertiary/aromatic N) is 3. The van der Waals surface area contributed by atoms with Gasteiger partial charge in [0.1, 0.15) is 17.5 Å². The molecule has 1 aromatic carbocycles. The normalized spacial score (nSPS) is 10.5. The molecular formula is C15H19FN4S. The van der Waals surface area contributed by atoms with Crippen LogP contribution in [0.5, 0.6) is 0 Å². The quantitative estimate of drug-likeness (QED) is 0.647. The molecule has 1 N–H and O–H groups in total. The van der Waals surface area contributed by atoms with Crippen molar-refractivity contribution in [3.63, 3.8) is 0 Å². The second kappa shape index (κ2) is 7.26. The SMILES string of the molecule is CCNc1cc(N(CC)c2ccc(F)cc2)nc(SC)n1. The number of hydrogen-bond acceptors (Lipinski definition) is 5. The van der Waals surface area contributed by atoms with Gasteiger partial charge in [-0.2, -0.15) is 0 Å². The van der Waals surface area contributed by atoms with E-state index in [1.54, 1.807) is 12.1 Å². The van der Waals surface area contributed by atoms with Crippen LogP contribution >= 0.6 is 11.8 Å². The van der Waals surface area contributed by atoms with E-state index in [-0.39, 0.29) is 5.82 Å². The Bertz CT molecular complexity index is 589. The number of thioether (sulfide) groups is 1. The van der Waals surface area contributed by atoms with Gasteiger partial charge < -0.3 is 10.2 Å². The van der Waals surface area contributed by atoms with Crippen LogP contribution < -0.4 is 10.2 Å². The van der Waals surface area contributed by atoms with Gasteiger partial charge >= 0.3 is 0 Å². The number of anilines is 3. The van der Waals surface area contributed by atoms with E-state index in [0.717, 1.165) is 30.4 Å². The first-order valence-electron chi connectivity index (χ1n) is 6.88. The lowest BCUT2D eigenvalue weighted by Gasteiger charge is -2.23. The van der Waals surface area contributed by atoms with Crippen molar-refractivity contribution in [3.8, 4) is 0 Å². The summed E-state index contributed by atoms with van der Waals surface area (Å²) in [5.74, 6) is 1.36. The molecule has 0 unspecified atom stereocenters. The number of aromatic nitrogens is 2. The summed E-state index contributed by atoms with van der Waals surface area (Å²) < 4.78 is 13.1. The molecule has 0 amide bonds. The van der Waals surface area contributed by atoms with Gasteiger partial charge in [-0.25, -0.2) is 14.4 Å². The monoisotopic (exact) mass is 306 g/mol. The molecule has 4 nitrogen and oxygen atoms in total. The third-order valence-corrected chi connectivity index (χ3v) is 3.51. The van der Waals surface area contributed by atoms with Crippen LogP contribution in [-0.4, -0.2) is 29.3 Å². The molecule has 112 valence electrons. The van der Waals surface area contributed by atoms with Gasteiger partial charge in [-0.15, -0.1) is 0 Å². The first kappa shape index (κ1) is 15.6. The van der Waals surface area contributed by atoms with Crippen LogP contribution in [0.1, 0.15) is 13.8 Å². The fourth-order valence-electron chi connectivity index (χ4n) is 2.01. The van der Waals surface area contributed by atoms with E-state index in [0.29, 0.717) is 5.16 Å². The molecule has 0 saturated heterocycles. The van der Waals surface area contributed by atoms with Gasteiger partial charge in [-0.3, -0.25) is 0 Å². The van der Waals surface area contributed by atoms with Crippen LogP contribution in [-0.2, 0) is 0 Å². The van der Waals surface area contributed by atoms with Crippen molar-refractivity contribution in [1.82, 2.24) is 9.97 Å². The lowest BCUT2D eigenvalue weighted by molar-refractivity contribution is 0.627. The molecule has 1 aromatic heterocycles. The van der Waals surface area contributed by atoms with Crippen molar-refractivity contribution in [1.29, 1.82) is 0 Å². The Morgan fingerprint density at radius 1 is 1.19 bits per heavy atom. The van der Waals surface area contributed by atoms with Gasteiger partial charge in [0, 0.05) is 24.8 Å². The Morgan fingerprint density at radius 3 is 2.48 bits per heavy atom. The van der Waals surface area contributed by atoms with E-state index < -0.39 is 0 Å². The van der Waals surface area contributed by atoms with Gasteiger partial charge in [-0.05, 0) is 44.4 Å². The van der Waals surface area contributed by atoms with Gasteiger partial charge in [0.15, 0.2) is 5.16 Å². The number of benzene rings is 1. The summed E-state index contributed by atoms with van der Waals surface area (Å²) in [6.07, 6.45) is 1.95. The zero-order valence-electron chi connectivity index (χ0n) is 12.4. The maximum atomic E-state index is 13.1. The molecule has 0 aliphatic rings. The molecule has 0 aliphatic carbocycles. The molecule has 6 heteroatoms. The molecule has 1 heterocycles. The summed E-state index contributed by atoms with van der Waals surface area (Å²) in [6, 6.07) is 8.34. The Morgan fingerprint density at radius 2 is 1.90 bits per heavy atom. The number of hydrogen-bond donors (Lipinski definition) is 1. The predicted molar refractivity (Wildman–Crippen MR) is 87.1 cm³/mol. The average Bonchev–Trinajstić information content (AvgIpc) is 2.50. The Kier molecular flexibility index (Phi) is 5.38. The second-order valence-corrected chi connectivity index (χ2v) is 5.12. The Balaban J connectivity index is 2.40.